The summed E-state index contributed by atoms with van der Waals surface area (Å²) in [6, 6.07) is 12.2. The first-order valence-electron chi connectivity index (χ1n) is 7.12. The largest absolute Gasteiger partial charge is 0.506 e. The van der Waals surface area contributed by atoms with Crippen LogP contribution in [-0.2, 0) is 9.63 Å². The van der Waals surface area contributed by atoms with Gasteiger partial charge >= 0.3 is 0 Å². The van der Waals surface area contributed by atoms with Gasteiger partial charge in [0, 0.05) is 11.4 Å². The van der Waals surface area contributed by atoms with Gasteiger partial charge in [-0.1, -0.05) is 35.0 Å². The van der Waals surface area contributed by atoms with Crippen molar-refractivity contribution in [3.8, 4) is 5.75 Å². The van der Waals surface area contributed by atoms with Crippen LogP contribution in [0, 0.1) is 6.92 Å². The van der Waals surface area contributed by atoms with Crippen LogP contribution >= 0.6 is 11.6 Å². The summed E-state index contributed by atoms with van der Waals surface area (Å²) < 4.78 is 0. The molecule has 0 unspecified atom stereocenters. The number of phenols is 1. The number of nitrogens with one attached hydrogen (secondary N) is 1. The zero-order valence-electron chi connectivity index (χ0n) is 12.4. The smallest absolute Gasteiger partial charge is 0.268 e. The van der Waals surface area contributed by atoms with E-state index in [1.807, 2.05) is 19.1 Å². The Hall–Kier alpha value is -2.53. The van der Waals surface area contributed by atoms with Crippen molar-refractivity contribution >= 4 is 28.9 Å². The van der Waals surface area contributed by atoms with E-state index in [0.717, 1.165) is 11.1 Å². The topological polar surface area (TPSA) is 70.9 Å². The molecular weight excluding hydrogens is 316 g/mol. The standard InChI is InChI=1S/C17H15ClN2O3/c1-10-2-7-15(21)14(8-10)19-17(22)16-9-13(20-23-16)11-3-5-12(18)6-4-11/h2-8,16,21H,9H2,1H3,(H,19,22)/t16-/m1/s1. The maximum absolute atomic E-state index is 12.3. The van der Waals surface area contributed by atoms with Gasteiger partial charge < -0.3 is 15.3 Å². The Morgan fingerprint density at radius 1 is 1.30 bits per heavy atom. The van der Waals surface area contributed by atoms with Gasteiger partial charge in [0.2, 0.25) is 6.10 Å². The first-order chi connectivity index (χ1) is 11.0. The third-order valence-electron chi connectivity index (χ3n) is 3.55. The maximum Gasteiger partial charge on any atom is 0.268 e. The van der Waals surface area contributed by atoms with E-state index in [1.54, 1.807) is 24.3 Å². The number of benzene rings is 2. The number of aryl methyl sites for hydroxylation is 1. The van der Waals surface area contributed by atoms with E-state index >= 15 is 0 Å². The van der Waals surface area contributed by atoms with Crippen molar-refractivity contribution in [3.05, 3.63) is 58.6 Å². The molecule has 2 aromatic carbocycles. The predicted octanol–water partition coefficient (Wildman–Crippen LogP) is 3.49. The molecule has 0 aliphatic carbocycles. The average molecular weight is 331 g/mol. The third-order valence-corrected chi connectivity index (χ3v) is 3.80. The van der Waals surface area contributed by atoms with Crippen molar-refractivity contribution in [2.75, 3.05) is 5.32 Å². The summed E-state index contributed by atoms with van der Waals surface area (Å²) in [6.07, 6.45) is -0.361. The second-order valence-electron chi connectivity index (χ2n) is 5.35. The molecule has 118 valence electrons. The lowest BCUT2D eigenvalue weighted by molar-refractivity contribution is -0.125. The molecule has 23 heavy (non-hydrogen) atoms. The fourth-order valence-corrected chi connectivity index (χ4v) is 2.42. The number of amides is 1. The van der Waals surface area contributed by atoms with Crippen LogP contribution in [-0.4, -0.2) is 22.8 Å². The normalized spacial score (nSPS) is 16.6. The minimum Gasteiger partial charge on any atom is -0.506 e. The maximum atomic E-state index is 12.3. The molecule has 5 nitrogen and oxygen atoms in total. The van der Waals surface area contributed by atoms with Gasteiger partial charge in [0.1, 0.15) is 5.75 Å². The van der Waals surface area contributed by atoms with Crippen LogP contribution in [0.3, 0.4) is 0 Å². The molecule has 0 radical (unpaired) electrons. The zero-order chi connectivity index (χ0) is 16.4. The fraction of sp³-hybridized carbons (Fsp3) is 0.176. The number of halogens is 1. The molecule has 3 rings (SSSR count). The molecule has 0 spiro atoms. The van der Waals surface area contributed by atoms with Gasteiger partial charge in [-0.05, 0) is 42.3 Å². The Kier molecular flexibility index (Phi) is 4.21. The van der Waals surface area contributed by atoms with Crippen molar-refractivity contribution in [2.24, 2.45) is 5.16 Å². The highest BCUT2D eigenvalue weighted by Crippen LogP contribution is 2.25. The summed E-state index contributed by atoms with van der Waals surface area (Å²) in [5.41, 5.74) is 2.85. The summed E-state index contributed by atoms with van der Waals surface area (Å²) in [5.74, 6) is -0.334. The average Bonchev–Trinajstić information content (AvgIpc) is 3.02. The Balaban J connectivity index is 1.66. The van der Waals surface area contributed by atoms with E-state index < -0.39 is 6.10 Å². The quantitative estimate of drug-likeness (QED) is 0.846. The Bertz CT molecular complexity index is 772. The minimum atomic E-state index is -0.722. The highest BCUT2D eigenvalue weighted by Gasteiger charge is 2.29. The SMILES string of the molecule is Cc1ccc(O)c(NC(=O)[C@H]2CC(c3ccc(Cl)cc3)=NO2)c1. The number of nitrogens with zero attached hydrogens (tertiary/aromatic N) is 1. The lowest BCUT2D eigenvalue weighted by atomic mass is 10.0. The Labute approximate surface area is 138 Å². The molecule has 0 bridgehead atoms. The molecule has 0 fully saturated rings. The number of rotatable bonds is 3. The number of oxime groups is 1. The summed E-state index contributed by atoms with van der Waals surface area (Å²) in [4.78, 5) is 17.5. The van der Waals surface area contributed by atoms with E-state index in [0.29, 0.717) is 22.8 Å². The lowest BCUT2D eigenvalue weighted by Crippen LogP contribution is -2.28. The third kappa shape index (κ3) is 3.46. The summed E-state index contributed by atoms with van der Waals surface area (Å²) >= 11 is 5.86. The van der Waals surface area contributed by atoms with Crippen LogP contribution < -0.4 is 5.32 Å². The van der Waals surface area contributed by atoms with Crippen LogP contribution in [0.1, 0.15) is 17.5 Å². The van der Waals surface area contributed by atoms with Crippen molar-refractivity contribution < 1.29 is 14.7 Å². The predicted molar refractivity (Wildman–Crippen MR) is 89.0 cm³/mol. The number of carbonyl (C=O) groups is 1. The molecule has 2 N–H and O–H groups in total. The van der Waals surface area contributed by atoms with Crippen LogP contribution in [0.5, 0.6) is 5.75 Å². The van der Waals surface area contributed by atoms with Gasteiger partial charge in [0.05, 0.1) is 11.4 Å². The summed E-state index contributed by atoms with van der Waals surface area (Å²) in [6.45, 7) is 1.88. The second-order valence-corrected chi connectivity index (χ2v) is 5.79. The van der Waals surface area contributed by atoms with E-state index in [9.17, 15) is 9.90 Å². The number of carbonyl (C=O) groups excluding carboxylic acids is 1. The molecule has 1 aliphatic rings. The first-order valence-corrected chi connectivity index (χ1v) is 7.50. The van der Waals surface area contributed by atoms with Crippen molar-refractivity contribution in [1.29, 1.82) is 0 Å². The minimum absolute atomic E-state index is 0.0146. The number of phenolic OH excluding ortho intramolecular Hbond substituents is 1. The molecule has 6 heteroatoms. The zero-order valence-corrected chi connectivity index (χ0v) is 13.2. The van der Waals surface area contributed by atoms with Crippen LogP contribution in [0.25, 0.3) is 0 Å². The van der Waals surface area contributed by atoms with Crippen molar-refractivity contribution in [2.45, 2.75) is 19.4 Å². The molecule has 0 saturated heterocycles. The molecule has 1 amide bonds. The Morgan fingerprint density at radius 3 is 2.78 bits per heavy atom. The molecule has 0 aromatic heterocycles. The van der Waals surface area contributed by atoms with E-state index in [2.05, 4.69) is 10.5 Å². The highest BCUT2D eigenvalue weighted by atomic mass is 35.5. The van der Waals surface area contributed by atoms with Gasteiger partial charge in [-0.25, -0.2) is 0 Å². The Morgan fingerprint density at radius 2 is 2.04 bits per heavy atom. The van der Waals surface area contributed by atoms with E-state index in [4.69, 9.17) is 16.4 Å². The van der Waals surface area contributed by atoms with Gasteiger partial charge in [-0.15, -0.1) is 0 Å². The van der Waals surface area contributed by atoms with Crippen LogP contribution in [0.4, 0.5) is 5.69 Å². The summed E-state index contributed by atoms with van der Waals surface area (Å²) in [5, 5.41) is 17.1. The molecule has 0 saturated carbocycles. The monoisotopic (exact) mass is 330 g/mol. The molecule has 2 aromatic rings. The number of hydrogen-bond donors (Lipinski definition) is 2. The first kappa shape index (κ1) is 15.4. The number of aromatic hydroxyl groups is 1. The molecule has 1 heterocycles. The molecule has 1 aliphatic heterocycles. The molecule has 1 atom stereocenters. The van der Waals surface area contributed by atoms with E-state index in [1.165, 1.54) is 6.07 Å². The molecular formula is C17H15ClN2O3. The van der Waals surface area contributed by atoms with Crippen molar-refractivity contribution in [3.63, 3.8) is 0 Å². The highest BCUT2D eigenvalue weighted by molar-refractivity contribution is 6.30. The second kappa shape index (κ2) is 6.30. The number of anilines is 1. The van der Waals surface area contributed by atoms with Gasteiger partial charge in [-0.3, -0.25) is 4.79 Å². The summed E-state index contributed by atoms with van der Waals surface area (Å²) in [7, 11) is 0. The van der Waals surface area contributed by atoms with Crippen LogP contribution in [0.2, 0.25) is 5.02 Å². The van der Waals surface area contributed by atoms with Crippen molar-refractivity contribution in [1.82, 2.24) is 0 Å². The van der Waals surface area contributed by atoms with Gasteiger partial charge in [-0.2, -0.15) is 0 Å². The fourth-order valence-electron chi connectivity index (χ4n) is 2.29. The number of hydrogen-bond acceptors (Lipinski definition) is 4. The van der Waals surface area contributed by atoms with E-state index in [-0.39, 0.29) is 11.7 Å². The van der Waals surface area contributed by atoms with Crippen LogP contribution in [0.15, 0.2) is 47.6 Å². The lowest BCUT2D eigenvalue weighted by Gasteiger charge is -2.11. The van der Waals surface area contributed by atoms with Gasteiger partial charge in [0.25, 0.3) is 5.91 Å². The van der Waals surface area contributed by atoms with Gasteiger partial charge in [0.15, 0.2) is 0 Å².